The number of halogens is 1. The Morgan fingerprint density at radius 2 is 1.92 bits per heavy atom. The molecule has 3 N–H and O–H groups in total. The summed E-state index contributed by atoms with van der Waals surface area (Å²) in [4.78, 5) is 12.3. The maximum atomic E-state index is 14.2. The van der Waals surface area contributed by atoms with Gasteiger partial charge in [0, 0.05) is 24.4 Å². The molecule has 0 aliphatic heterocycles. The minimum absolute atomic E-state index is 0.191. The first-order valence-electron chi connectivity index (χ1n) is 8.44. The van der Waals surface area contributed by atoms with Gasteiger partial charge in [-0.3, -0.25) is 4.98 Å². The maximum absolute atomic E-state index is 14.2. The second-order valence-corrected chi connectivity index (χ2v) is 6.43. The number of nitrogens with two attached hydrogens (primary N) is 1. The van der Waals surface area contributed by atoms with E-state index in [0.717, 1.165) is 19.3 Å². The summed E-state index contributed by atoms with van der Waals surface area (Å²) in [5.74, 6) is 0.561. The van der Waals surface area contributed by atoms with E-state index < -0.39 is 0 Å². The molecule has 0 amide bonds. The van der Waals surface area contributed by atoms with Gasteiger partial charge in [0.15, 0.2) is 0 Å². The predicted octanol–water partition coefficient (Wildman–Crippen LogP) is 2.58. The van der Waals surface area contributed by atoms with Gasteiger partial charge < -0.3 is 11.1 Å². The Bertz CT molecular complexity index is 909. The molecule has 1 aliphatic carbocycles. The van der Waals surface area contributed by atoms with E-state index in [1.807, 2.05) is 12.1 Å². The molecule has 0 aromatic carbocycles. The molecular formula is C18H18FN7. The summed E-state index contributed by atoms with van der Waals surface area (Å²) >= 11 is 0. The van der Waals surface area contributed by atoms with Gasteiger partial charge in [-0.1, -0.05) is 6.42 Å². The quantitative estimate of drug-likeness (QED) is 0.728. The largest absolute Gasteiger partial charge is 0.368 e. The zero-order valence-corrected chi connectivity index (χ0v) is 14.1. The second kappa shape index (κ2) is 6.62. The molecule has 0 unspecified atom stereocenters. The number of rotatable bonds is 5. The van der Waals surface area contributed by atoms with Crippen molar-refractivity contribution in [1.82, 2.24) is 25.1 Å². The minimum Gasteiger partial charge on any atom is -0.368 e. The number of anilines is 2. The summed E-state index contributed by atoms with van der Waals surface area (Å²) in [6.45, 7) is 0.565. The normalized spacial score (nSPS) is 15.3. The maximum Gasteiger partial charge on any atom is 0.220 e. The van der Waals surface area contributed by atoms with Gasteiger partial charge in [-0.15, -0.1) is 10.2 Å². The molecule has 26 heavy (non-hydrogen) atoms. The van der Waals surface area contributed by atoms with Crippen molar-refractivity contribution in [2.75, 3.05) is 17.6 Å². The van der Waals surface area contributed by atoms with E-state index in [9.17, 15) is 4.39 Å². The van der Waals surface area contributed by atoms with Crippen LogP contribution in [-0.4, -0.2) is 31.7 Å². The molecule has 8 heteroatoms. The standard InChI is InChI=1S/C18H18FN7/c19-12-3-1-9-21-16(12)18(7-2-8-18)11-23-15-5-4-14(25-26-15)13-6-10-22-17(20)24-13/h1,3-6,9-10H,2,7-8,11H2,(H,23,26)(H2,20,22,24). The number of aromatic nitrogens is 5. The molecule has 3 heterocycles. The lowest BCUT2D eigenvalue weighted by Crippen LogP contribution is -2.42. The molecule has 0 spiro atoms. The SMILES string of the molecule is Nc1nccc(-c2ccc(NCC3(c4ncccc4F)CCC3)nn2)n1. The van der Waals surface area contributed by atoms with Crippen LogP contribution in [0.3, 0.4) is 0 Å². The summed E-state index contributed by atoms with van der Waals surface area (Å²) in [5, 5.41) is 11.6. The molecule has 1 saturated carbocycles. The van der Waals surface area contributed by atoms with Gasteiger partial charge in [-0.2, -0.15) is 0 Å². The summed E-state index contributed by atoms with van der Waals surface area (Å²) < 4.78 is 14.2. The molecule has 0 saturated heterocycles. The predicted molar refractivity (Wildman–Crippen MR) is 95.7 cm³/mol. The lowest BCUT2D eigenvalue weighted by atomic mass is 9.66. The van der Waals surface area contributed by atoms with Gasteiger partial charge in [0.1, 0.15) is 17.3 Å². The third kappa shape index (κ3) is 3.05. The molecule has 0 atom stereocenters. The van der Waals surface area contributed by atoms with Crippen molar-refractivity contribution < 1.29 is 4.39 Å². The van der Waals surface area contributed by atoms with Crippen molar-refractivity contribution in [2.45, 2.75) is 24.7 Å². The zero-order valence-electron chi connectivity index (χ0n) is 14.1. The number of pyridine rings is 1. The Hall–Kier alpha value is -3.16. The summed E-state index contributed by atoms with van der Waals surface area (Å²) in [6, 6.07) is 8.43. The van der Waals surface area contributed by atoms with Crippen LogP contribution >= 0.6 is 0 Å². The van der Waals surface area contributed by atoms with Gasteiger partial charge in [0.2, 0.25) is 5.95 Å². The highest BCUT2D eigenvalue weighted by Gasteiger charge is 2.41. The van der Waals surface area contributed by atoms with Crippen LogP contribution in [-0.2, 0) is 5.41 Å². The molecular weight excluding hydrogens is 333 g/mol. The van der Waals surface area contributed by atoms with Crippen LogP contribution in [0.15, 0.2) is 42.7 Å². The Kier molecular flexibility index (Phi) is 4.16. The third-order valence-corrected chi connectivity index (χ3v) is 4.78. The smallest absolute Gasteiger partial charge is 0.220 e. The highest BCUT2D eigenvalue weighted by atomic mass is 19.1. The molecule has 1 fully saturated rings. The zero-order chi connectivity index (χ0) is 18.0. The van der Waals surface area contributed by atoms with Gasteiger partial charge in [-0.25, -0.2) is 14.4 Å². The molecule has 7 nitrogen and oxygen atoms in total. The van der Waals surface area contributed by atoms with E-state index in [-0.39, 0.29) is 17.2 Å². The van der Waals surface area contributed by atoms with Crippen molar-refractivity contribution >= 4 is 11.8 Å². The highest BCUT2D eigenvalue weighted by molar-refractivity contribution is 5.55. The van der Waals surface area contributed by atoms with Crippen molar-refractivity contribution in [3.05, 3.63) is 54.2 Å². The first kappa shape index (κ1) is 16.3. The molecule has 3 aromatic rings. The Labute approximate surface area is 149 Å². The minimum atomic E-state index is -0.285. The molecule has 0 bridgehead atoms. The number of nitrogen functional groups attached to an aromatic ring is 1. The first-order valence-corrected chi connectivity index (χ1v) is 8.44. The number of nitrogens with one attached hydrogen (secondary N) is 1. The van der Waals surface area contributed by atoms with Gasteiger partial charge >= 0.3 is 0 Å². The van der Waals surface area contributed by atoms with Crippen LogP contribution in [0.4, 0.5) is 16.2 Å². The van der Waals surface area contributed by atoms with E-state index in [1.54, 1.807) is 24.5 Å². The van der Waals surface area contributed by atoms with Crippen molar-refractivity contribution in [3.63, 3.8) is 0 Å². The van der Waals surface area contributed by atoms with Crippen LogP contribution < -0.4 is 11.1 Å². The summed E-state index contributed by atoms with van der Waals surface area (Å²) in [7, 11) is 0. The molecule has 3 aromatic heterocycles. The van der Waals surface area contributed by atoms with Gasteiger partial charge in [0.05, 0.1) is 11.4 Å². The first-order chi connectivity index (χ1) is 12.7. The van der Waals surface area contributed by atoms with E-state index in [4.69, 9.17) is 5.73 Å². The number of nitrogens with zero attached hydrogens (tertiary/aromatic N) is 5. The van der Waals surface area contributed by atoms with Crippen LogP contribution in [0, 0.1) is 5.82 Å². The Morgan fingerprint density at radius 3 is 2.58 bits per heavy atom. The molecule has 0 radical (unpaired) electrons. The fourth-order valence-electron chi connectivity index (χ4n) is 3.22. The number of hydrogen-bond donors (Lipinski definition) is 2. The second-order valence-electron chi connectivity index (χ2n) is 6.43. The van der Waals surface area contributed by atoms with E-state index in [0.29, 0.717) is 29.4 Å². The molecule has 4 rings (SSSR count). The van der Waals surface area contributed by atoms with Crippen LogP contribution in [0.1, 0.15) is 25.0 Å². The average molecular weight is 351 g/mol. The summed E-state index contributed by atoms with van der Waals surface area (Å²) in [6.07, 6.45) is 6.09. The van der Waals surface area contributed by atoms with Crippen LogP contribution in [0.5, 0.6) is 0 Å². The van der Waals surface area contributed by atoms with Crippen LogP contribution in [0.2, 0.25) is 0 Å². The number of hydrogen-bond acceptors (Lipinski definition) is 7. The third-order valence-electron chi connectivity index (χ3n) is 4.78. The Morgan fingerprint density at radius 1 is 1.04 bits per heavy atom. The van der Waals surface area contributed by atoms with Crippen molar-refractivity contribution in [2.24, 2.45) is 0 Å². The highest BCUT2D eigenvalue weighted by Crippen LogP contribution is 2.43. The van der Waals surface area contributed by atoms with Crippen molar-refractivity contribution in [1.29, 1.82) is 0 Å². The lowest BCUT2D eigenvalue weighted by Gasteiger charge is -2.41. The van der Waals surface area contributed by atoms with Crippen molar-refractivity contribution in [3.8, 4) is 11.4 Å². The van der Waals surface area contributed by atoms with E-state index in [1.165, 1.54) is 6.07 Å². The van der Waals surface area contributed by atoms with E-state index in [2.05, 4.69) is 30.5 Å². The van der Waals surface area contributed by atoms with Crippen LogP contribution in [0.25, 0.3) is 11.4 Å². The Balaban J connectivity index is 1.49. The van der Waals surface area contributed by atoms with E-state index >= 15 is 0 Å². The summed E-state index contributed by atoms with van der Waals surface area (Å²) in [5.41, 5.74) is 7.06. The molecule has 1 aliphatic rings. The topological polar surface area (TPSA) is 102 Å². The van der Waals surface area contributed by atoms with Gasteiger partial charge in [0.25, 0.3) is 0 Å². The fourth-order valence-corrected chi connectivity index (χ4v) is 3.22. The average Bonchev–Trinajstić information content (AvgIpc) is 2.63. The lowest BCUT2D eigenvalue weighted by molar-refractivity contribution is 0.243. The monoisotopic (exact) mass is 351 g/mol. The van der Waals surface area contributed by atoms with Gasteiger partial charge in [-0.05, 0) is 43.2 Å². The fraction of sp³-hybridized carbons (Fsp3) is 0.278. The molecule has 132 valence electrons.